The molecule has 1 aromatic carbocycles. The van der Waals surface area contributed by atoms with E-state index in [1.54, 1.807) is 0 Å². The number of nitriles is 1. The van der Waals surface area contributed by atoms with Crippen LogP contribution in [-0.2, 0) is 4.79 Å². The van der Waals surface area contributed by atoms with Gasteiger partial charge >= 0.3 is 5.97 Å². The summed E-state index contributed by atoms with van der Waals surface area (Å²) in [6.45, 7) is 0. The molecule has 0 radical (unpaired) electrons. The average molecular weight is 279 g/mol. The summed E-state index contributed by atoms with van der Waals surface area (Å²) in [7, 11) is 0. The van der Waals surface area contributed by atoms with E-state index in [1.165, 1.54) is 11.8 Å². The molecular formula is C13H13NO2S2. The van der Waals surface area contributed by atoms with E-state index in [9.17, 15) is 4.79 Å². The van der Waals surface area contributed by atoms with Crippen molar-refractivity contribution in [1.29, 1.82) is 5.26 Å². The number of aliphatic carboxylic acids is 1. The van der Waals surface area contributed by atoms with Crippen molar-refractivity contribution in [3.8, 4) is 6.07 Å². The molecule has 0 amide bonds. The Hall–Kier alpha value is -1.38. The van der Waals surface area contributed by atoms with Gasteiger partial charge in [-0.3, -0.25) is 4.79 Å². The first-order valence-electron chi connectivity index (χ1n) is 5.47. The average Bonchev–Trinajstić information content (AvgIpc) is 2.39. The molecule has 1 atom stereocenters. The topological polar surface area (TPSA) is 61.1 Å². The summed E-state index contributed by atoms with van der Waals surface area (Å²) < 4.78 is 0.742. The van der Waals surface area contributed by atoms with Gasteiger partial charge in [0.25, 0.3) is 0 Å². The highest BCUT2D eigenvalue weighted by Crippen LogP contribution is 2.19. The van der Waals surface area contributed by atoms with Crippen LogP contribution in [0.4, 0.5) is 0 Å². The summed E-state index contributed by atoms with van der Waals surface area (Å²) >= 11 is 6.69. The van der Waals surface area contributed by atoms with Crippen molar-refractivity contribution < 1.29 is 9.90 Å². The van der Waals surface area contributed by atoms with Gasteiger partial charge in [0.2, 0.25) is 0 Å². The number of hydrogen-bond donors (Lipinski definition) is 1. The highest BCUT2D eigenvalue weighted by Gasteiger charge is 2.12. The first kappa shape index (κ1) is 14.7. The second-order valence-electron chi connectivity index (χ2n) is 3.72. The van der Waals surface area contributed by atoms with E-state index < -0.39 is 5.97 Å². The molecule has 0 bridgehead atoms. The molecule has 0 saturated carbocycles. The van der Waals surface area contributed by atoms with Crippen molar-refractivity contribution in [3.63, 3.8) is 0 Å². The van der Waals surface area contributed by atoms with Gasteiger partial charge in [0, 0.05) is 12.2 Å². The molecule has 0 aliphatic rings. The van der Waals surface area contributed by atoms with Gasteiger partial charge in [-0.1, -0.05) is 42.5 Å². The SMILES string of the molecule is N#CC(CCC(=O)O)CSC(=S)c1ccccc1. The molecule has 0 aliphatic carbocycles. The van der Waals surface area contributed by atoms with Crippen LogP contribution >= 0.6 is 24.0 Å². The summed E-state index contributed by atoms with van der Waals surface area (Å²) in [5.74, 6) is -0.601. The summed E-state index contributed by atoms with van der Waals surface area (Å²) in [5.41, 5.74) is 0.965. The Morgan fingerprint density at radius 3 is 2.67 bits per heavy atom. The van der Waals surface area contributed by atoms with Gasteiger partial charge in [0.1, 0.15) is 0 Å². The van der Waals surface area contributed by atoms with Crippen LogP contribution in [0.2, 0.25) is 0 Å². The molecule has 1 unspecified atom stereocenters. The van der Waals surface area contributed by atoms with Gasteiger partial charge in [0.05, 0.1) is 16.2 Å². The predicted molar refractivity (Wildman–Crippen MR) is 76.6 cm³/mol. The number of hydrogen-bond acceptors (Lipinski definition) is 4. The van der Waals surface area contributed by atoms with E-state index in [-0.39, 0.29) is 12.3 Å². The first-order chi connectivity index (χ1) is 8.63. The molecule has 1 rings (SSSR count). The summed E-state index contributed by atoms with van der Waals surface area (Å²) in [6, 6.07) is 11.7. The maximum Gasteiger partial charge on any atom is 0.303 e. The molecule has 0 fully saturated rings. The minimum atomic E-state index is -0.870. The number of carboxylic acid groups (broad SMARTS) is 1. The zero-order chi connectivity index (χ0) is 13.4. The largest absolute Gasteiger partial charge is 0.481 e. The lowest BCUT2D eigenvalue weighted by Gasteiger charge is -2.08. The molecule has 0 heterocycles. The number of carboxylic acids is 1. The Morgan fingerprint density at radius 1 is 1.44 bits per heavy atom. The molecule has 94 valence electrons. The van der Waals surface area contributed by atoms with Crippen molar-refractivity contribution in [1.82, 2.24) is 0 Å². The Balaban J connectivity index is 2.42. The number of nitrogens with zero attached hydrogens (tertiary/aromatic N) is 1. The Labute approximate surface area is 116 Å². The summed E-state index contributed by atoms with van der Waals surface area (Å²) in [4.78, 5) is 10.4. The number of benzene rings is 1. The fourth-order valence-corrected chi connectivity index (χ4v) is 2.55. The molecule has 3 nitrogen and oxygen atoms in total. The van der Waals surface area contributed by atoms with Crippen molar-refractivity contribution >= 4 is 34.1 Å². The smallest absolute Gasteiger partial charge is 0.303 e. The Bertz CT molecular complexity index is 454. The minimum absolute atomic E-state index is 0.0247. The number of carbonyl (C=O) groups is 1. The monoisotopic (exact) mass is 279 g/mol. The Kier molecular flexibility index (Phi) is 6.40. The third-order valence-electron chi connectivity index (χ3n) is 2.31. The number of thiocarbonyl (C=S) groups is 1. The third kappa shape index (κ3) is 5.30. The summed E-state index contributed by atoms with van der Waals surface area (Å²) in [6.07, 6.45) is 0.396. The fourth-order valence-electron chi connectivity index (χ4n) is 1.32. The van der Waals surface area contributed by atoms with Gasteiger partial charge in [-0.05, 0) is 12.0 Å². The van der Waals surface area contributed by atoms with Crippen LogP contribution in [0.1, 0.15) is 18.4 Å². The molecule has 5 heteroatoms. The number of rotatable bonds is 6. The van der Waals surface area contributed by atoms with Crippen LogP contribution in [0.5, 0.6) is 0 Å². The lowest BCUT2D eigenvalue weighted by molar-refractivity contribution is -0.137. The van der Waals surface area contributed by atoms with Crippen molar-refractivity contribution in [2.24, 2.45) is 5.92 Å². The maximum absolute atomic E-state index is 10.4. The predicted octanol–water partition coefficient (Wildman–Crippen LogP) is 3.10. The van der Waals surface area contributed by atoms with Crippen LogP contribution in [-0.4, -0.2) is 21.0 Å². The van der Waals surface area contributed by atoms with Crippen LogP contribution in [0, 0.1) is 17.2 Å². The van der Waals surface area contributed by atoms with Gasteiger partial charge < -0.3 is 5.11 Å². The van der Waals surface area contributed by atoms with E-state index in [4.69, 9.17) is 22.6 Å². The first-order valence-corrected chi connectivity index (χ1v) is 6.86. The molecule has 1 N–H and O–H groups in total. The van der Waals surface area contributed by atoms with E-state index in [1.807, 2.05) is 30.3 Å². The third-order valence-corrected chi connectivity index (χ3v) is 3.97. The van der Waals surface area contributed by atoms with E-state index in [2.05, 4.69) is 6.07 Å². The molecule has 0 aromatic heterocycles. The lowest BCUT2D eigenvalue weighted by atomic mass is 10.1. The molecule has 18 heavy (non-hydrogen) atoms. The zero-order valence-corrected chi connectivity index (χ0v) is 11.3. The van der Waals surface area contributed by atoms with Gasteiger partial charge in [-0.15, -0.1) is 11.8 Å². The zero-order valence-electron chi connectivity index (χ0n) is 9.70. The van der Waals surface area contributed by atoms with E-state index in [0.717, 1.165) is 9.76 Å². The quantitative estimate of drug-likeness (QED) is 0.811. The van der Waals surface area contributed by atoms with Crippen molar-refractivity contribution in [2.75, 3.05) is 5.75 Å². The van der Waals surface area contributed by atoms with E-state index >= 15 is 0 Å². The number of thioether (sulfide) groups is 1. The van der Waals surface area contributed by atoms with Crippen LogP contribution in [0.3, 0.4) is 0 Å². The second kappa shape index (κ2) is 7.85. The normalized spacial score (nSPS) is 11.5. The van der Waals surface area contributed by atoms with Gasteiger partial charge in [0.15, 0.2) is 0 Å². The van der Waals surface area contributed by atoms with Crippen LogP contribution in [0.15, 0.2) is 30.3 Å². The highest BCUT2D eigenvalue weighted by molar-refractivity contribution is 8.23. The van der Waals surface area contributed by atoms with E-state index in [0.29, 0.717) is 12.2 Å². The highest BCUT2D eigenvalue weighted by atomic mass is 32.2. The van der Waals surface area contributed by atoms with Crippen molar-refractivity contribution in [2.45, 2.75) is 12.8 Å². The molecule has 0 saturated heterocycles. The minimum Gasteiger partial charge on any atom is -0.481 e. The van der Waals surface area contributed by atoms with Gasteiger partial charge in [-0.2, -0.15) is 5.26 Å². The standard InChI is InChI=1S/C13H13NO2S2/c14-8-10(6-7-12(15)16)9-18-13(17)11-4-2-1-3-5-11/h1-5,10H,6-7,9H2,(H,15,16). The maximum atomic E-state index is 10.4. The van der Waals surface area contributed by atoms with Crippen molar-refractivity contribution in [3.05, 3.63) is 35.9 Å². The van der Waals surface area contributed by atoms with Gasteiger partial charge in [-0.25, -0.2) is 0 Å². The molecular weight excluding hydrogens is 266 g/mol. The van der Waals surface area contributed by atoms with Crippen LogP contribution in [0.25, 0.3) is 0 Å². The summed E-state index contributed by atoms with van der Waals surface area (Å²) in [5, 5.41) is 17.5. The molecule has 0 spiro atoms. The molecule has 0 aliphatic heterocycles. The Morgan fingerprint density at radius 2 is 2.11 bits per heavy atom. The second-order valence-corrected chi connectivity index (χ2v) is 5.42. The van der Waals surface area contributed by atoms with Crippen LogP contribution < -0.4 is 0 Å². The lowest BCUT2D eigenvalue weighted by Crippen LogP contribution is -2.06. The molecule has 1 aromatic rings. The fraction of sp³-hybridized carbons (Fsp3) is 0.308.